The number of hydrogen-bond acceptors (Lipinski definition) is 4. The Hall–Kier alpha value is -1.46. The van der Waals surface area contributed by atoms with Crippen LogP contribution in [0.1, 0.15) is 30.1 Å². The van der Waals surface area contributed by atoms with Gasteiger partial charge in [0.15, 0.2) is 11.5 Å². The fourth-order valence-corrected chi connectivity index (χ4v) is 2.28. The van der Waals surface area contributed by atoms with Gasteiger partial charge in [-0.25, -0.2) is 0 Å². The van der Waals surface area contributed by atoms with Crippen LogP contribution in [0.25, 0.3) is 0 Å². The van der Waals surface area contributed by atoms with E-state index in [0.29, 0.717) is 41.7 Å². The molecule has 110 valence electrons. The molecule has 2 N–H and O–H groups in total. The van der Waals surface area contributed by atoms with Crippen LogP contribution in [0.15, 0.2) is 12.1 Å². The van der Waals surface area contributed by atoms with Crippen molar-refractivity contribution in [1.82, 2.24) is 5.32 Å². The molecule has 0 saturated carbocycles. The summed E-state index contributed by atoms with van der Waals surface area (Å²) in [6.07, 6.45) is 1.38. The van der Waals surface area contributed by atoms with Gasteiger partial charge in [-0.15, -0.1) is 0 Å². The number of hydrogen-bond donors (Lipinski definition) is 2. The Morgan fingerprint density at radius 2 is 2.20 bits per heavy atom. The quantitative estimate of drug-likeness (QED) is 0.872. The molecule has 0 saturated heterocycles. The Kier molecular flexibility index (Phi) is 5.09. The first-order chi connectivity index (χ1) is 9.61. The highest BCUT2D eigenvalue weighted by atomic mass is 35.5. The van der Waals surface area contributed by atoms with Crippen LogP contribution in [0.2, 0.25) is 5.02 Å². The van der Waals surface area contributed by atoms with Gasteiger partial charge in [-0.1, -0.05) is 11.6 Å². The van der Waals surface area contributed by atoms with Gasteiger partial charge in [0, 0.05) is 18.2 Å². The van der Waals surface area contributed by atoms with Crippen molar-refractivity contribution in [2.75, 3.05) is 19.8 Å². The highest BCUT2D eigenvalue weighted by molar-refractivity contribution is 6.32. The molecule has 0 aliphatic carbocycles. The van der Waals surface area contributed by atoms with E-state index in [4.69, 9.17) is 26.2 Å². The molecule has 1 amide bonds. The number of aliphatic hydroxyl groups is 1. The standard InChI is InChI=1S/C14H18ClNO4/c1-9(3-2-4-17)16-14(18)10-7-11(15)13-12(8-10)19-5-6-20-13/h7-9,17H,2-6H2,1H3,(H,16,18). The molecule has 1 aliphatic heterocycles. The zero-order valence-corrected chi connectivity index (χ0v) is 12.1. The minimum absolute atomic E-state index is 0.0124. The largest absolute Gasteiger partial charge is 0.486 e. The van der Waals surface area contributed by atoms with E-state index in [1.54, 1.807) is 12.1 Å². The lowest BCUT2D eigenvalue weighted by Crippen LogP contribution is -2.32. The van der Waals surface area contributed by atoms with Crippen LogP contribution in [-0.4, -0.2) is 36.9 Å². The molecule has 1 heterocycles. The van der Waals surface area contributed by atoms with Gasteiger partial charge in [-0.05, 0) is 31.9 Å². The Bertz CT molecular complexity index is 492. The lowest BCUT2D eigenvalue weighted by atomic mass is 10.1. The van der Waals surface area contributed by atoms with E-state index in [2.05, 4.69) is 5.32 Å². The molecule has 0 bridgehead atoms. The van der Waals surface area contributed by atoms with Gasteiger partial charge in [0.2, 0.25) is 0 Å². The van der Waals surface area contributed by atoms with Crippen molar-refractivity contribution in [2.24, 2.45) is 0 Å². The molecule has 5 nitrogen and oxygen atoms in total. The van der Waals surface area contributed by atoms with Crippen LogP contribution in [0, 0.1) is 0 Å². The third-order valence-corrected chi connectivity index (χ3v) is 3.31. The van der Waals surface area contributed by atoms with Gasteiger partial charge < -0.3 is 19.9 Å². The lowest BCUT2D eigenvalue weighted by Gasteiger charge is -2.20. The van der Waals surface area contributed by atoms with E-state index in [1.165, 1.54) is 0 Å². The van der Waals surface area contributed by atoms with E-state index >= 15 is 0 Å². The topological polar surface area (TPSA) is 67.8 Å². The molecule has 20 heavy (non-hydrogen) atoms. The van der Waals surface area contributed by atoms with Crippen molar-refractivity contribution >= 4 is 17.5 Å². The van der Waals surface area contributed by atoms with E-state index in [0.717, 1.165) is 6.42 Å². The van der Waals surface area contributed by atoms with Crippen LogP contribution in [-0.2, 0) is 0 Å². The SMILES string of the molecule is CC(CCCO)NC(=O)c1cc(Cl)c2c(c1)OCCO2. The van der Waals surface area contributed by atoms with Crippen molar-refractivity contribution < 1.29 is 19.4 Å². The van der Waals surface area contributed by atoms with E-state index in [1.807, 2.05) is 6.92 Å². The smallest absolute Gasteiger partial charge is 0.251 e. The maximum Gasteiger partial charge on any atom is 0.251 e. The first-order valence-corrected chi connectivity index (χ1v) is 7.00. The number of fused-ring (bicyclic) bond motifs is 1. The minimum Gasteiger partial charge on any atom is -0.486 e. The molecular formula is C14H18ClNO4. The maximum absolute atomic E-state index is 12.1. The summed E-state index contributed by atoms with van der Waals surface area (Å²) >= 11 is 6.09. The highest BCUT2D eigenvalue weighted by Gasteiger charge is 2.19. The molecule has 1 aromatic carbocycles. The average Bonchev–Trinajstić information content (AvgIpc) is 2.45. The number of halogens is 1. The summed E-state index contributed by atoms with van der Waals surface area (Å²) in [5.74, 6) is 0.772. The fourth-order valence-electron chi connectivity index (χ4n) is 2.02. The van der Waals surface area contributed by atoms with Gasteiger partial charge in [0.1, 0.15) is 13.2 Å². The van der Waals surface area contributed by atoms with Gasteiger partial charge in [0.25, 0.3) is 5.91 Å². The molecule has 0 radical (unpaired) electrons. The molecule has 6 heteroatoms. The molecular weight excluding hydrogens is 282 g/mol. The summed E-state index contributed by atoms with van der Waals surface area (Å²) in [5.41, 5.74) is 0.440. The zero-order chi connectivity index (χ0) is 14.5. The zero-order valence-electron chi connectivity index (χ0n) is 11.3. The number of aliphatic hydroxyl groups excluding tert-OH is 1. The monoisotopic (exact) mass is 299 g/mol. The number of nitrogens with one attached hydrogen (secondary N) is 1. The first kappa shape index (κ1) is 14.9. The van der Waals surface area contributed by atoms with Crippen LogP contribution >= 0.6 is 11.6 Å². The van der Waals surface area contributed by atoms with Crippen LogP contribution in [0.3, 0.4) is 0 Å². The van der Waals surface area contributed by atoms with E-state index in [9.17, 15) is 4.79 Å². The molecule has 1 atom stereocenters. The third-order valence-electron chi connectivity index (χ3n) is 3.03. The van der Waals surface area contributed by atoms with E-state index in [-0.39, 0.29) is 18.6 Å². The van der Waals surface area contributed by atoms with Crippen LogP contribution in [0.4, 0.5) is 0 Å². The molecule has 0 fully saturated rings. The van der Waals surface area contributed by atoms with Crippen molar-refractivity contribution in [2.45, 2.75) is 25.8 Å². The van der Waals surface area contributed by atoms with Crippen LogP contribution < -0.4 is 14.8 Å². The molecule has 0 spiro atoms. The number of carbonyl (C=O) groups is 1. The van der Waals surface area contributed by atoms with Gasteiger partial charge >= 0.3 is 0 Å². The number of carbonyl (C=O) groups excluding carboxylic acids is 1. The van der Waals surface area contributed by atoms with Crippen molar-refractivity contribution in [3.05, 3.63) is 22.7 Å². The average molecular weight is 300 g/mol. The van der Waals surface area contributed by atoms with Gasteiger partial charge in [0.05, 0.1) is 5.02 Å². The molecule has 1 aromatic rings. The fraction of sp³-hybridized carbons (Fsp3) is 0.500. The Balaban J connectivity index is 2.08. The van der Waals surface area contributed by atoms with Crippen molar-refractivity contribution in [1.29, 1.82) is 0 Å². The molecule has 2 rings (SSSR count). The number of amides is 1. The van der Waals surface area contributed by atoms with Crippen molar-refractivity contribution in [3.8, 4) is 11.5 Å². The van der Waals surface area contributed by atoms with Crippen LogP contribution in [0.5, 0.6) is 11.5 Å². The predicted molar refractivity (Wildman–Crippen MR) is 75.7 cm³/mol. The van der Waals surface area contributed by atoms with Crippen molar-refractivity contribution in [3.63, 3.8) is 0 Å². The maximum atomic E-state index is 12.1. The van der Waals surface area contributed by atoms with E-state index < -0.39 is 0 Å². The normalized spacial score (nSPS) is 14.8. The van der Waals surface area contributed by atoms with Gasteiger partial charge in [-0.3, -0.25) is 4.79 Å². The second kappa shape index (κ2) is 6.81. The first-order valence-electron chi connectivity index (χ1n) is 6.62. The summed E-state index contributed by atoms with van der Waals surface area (Å²) in [6.45, 7) is 2.92. The van der Waals surface area contributed by atoms with Gasteiger partial charge in [-0.2, -0.15) is 0 Å². The summed E-state index contributed by atoms with van der Waals surface area (Å²) in [6, 6.07) is 3.19. The number of ether oxygens (including phenoxy) is 2. The lowest BCUT2D eigenvalue weighted by molar-refractivity contribution is 0.0935. The second-order valence-corrected chi connectivity index (χ2v) is 5.13. The Morgan fingerprint density at radius 1 is 1.45 bits per heavy atom. The molecule has 0 aromatic heterocycles. The highest BCUT2D eigenvalue weighted by Crippen LogP contribution is 2.38. The Morgan fingerprint density at radius 3 is 2.95 bits per heavy atom. The Labute approximate surface area is 122 Å². The minimum atomic E-state index is -0.214. The summed E-state index contributed by atoms with van der Waals surface area (Å²) in [7, 11) is 0. The third kappa shape index (κ3) is 3.55. The molecule has 1 aliphatic rings. The summed E-state index contributed by atoms with van der Waals surface area (Å²) in [4.78, 5) is 12.1. The second-order valence-electron chi connectivity index (χ2n) is 4.72. The molecule has 1 unspecified atom stereocenters. The predicted octanol–water partition coefficient (Wildman–Crippen LogP) is 2.00. The summed E-state index contributed by atoms with van der Waals surface area (Å²) < 4.78 is 10.8. The summed E-state index contributed by atoms with van der Waals surface area (Å²) in [5, 5.41) is 12.0. The number of benzene rings is 1. The number of rotatable bonds is 5.